The summed E-state index contributed by atoms with van der Waals surface area (Å²) in [7, 11) is 0. The van der Waals surface area contributed by atoms with Gasteiger partial charge in [0.2, 0.25) is 0 Å². The van der Waals surface area contributed by atoms with E-state index in [1.165, 1.54) is 12.1 Å². The van der Waals surface area contributed by atoms with Gasteiger partial charge in [0.25, 0.3) is 0 Å². The van der Waals surface area contributed by atoms with Crippen molar-refractivity contribution < 1.29 is 13.9 Å². The van der Waals surface area contributed by atoms with Crippen LogP contribution in [-0.2, 0) is 0 Å². The number of halogens is 3. The van der Waals surface area contributed by atoms with Gasteiger partial charge in [-0.05, 0) is 42.8 Å². The van der Waals surface area contributed by atoms with E-state index in [9.17, 15) is 9.50 Å². The van der Waals surface area contributed by atoms with Gasteiger partial charge in [-0.1, -0.05) is 29.3 Å². The molecule has 108 valence electrons. The maximum atomic E-state index is 13.3. The molecular formula is C16H11Cl2FO2. The van der Waals surface area contributed by atoms with Crippen LogP contribution in [0.5, 0.6) is 0 Å². The lowest BCUT2D eigenvalue weighted by Crippen LogP contribution is -1.99. The Morgan fingerprint density at radius 2 is 1.86 bits per heavy atom. The quantitative estimate of drug-likeness (QED) is 0.696. The Morgan fingerprint density at radius 3 is 2.57 bits per heavy atom. The van der Waals surface area contributed by atoms with Crippen molar-refractivity contribution in [3.63, 3.8) is 0 Å². The summed E-state index contributed by atoms with van der Waals surface area (Å²) in [5.74, 6) is 0.0240. The van der Waals surface area contributed by atoms with Gasteiger partial charge in [-0.3, -0.25) is 0 Å². The van der Waals surface area contributed by atoms with Crippen molar-refractivity contribution in [1.29, 1.82) is 0 Å². The fraction of sp³-hybridized carbons (Fsp3) is 0.125. The molecule has 1 N–H and O–H groups in total. The highest BCUT2D eigenvalue weighted by atomic mass is 35.5. The highest BCUT2D eigenvalue weighted by Crippen LogP contribution is 2.34. The molecule has 0 amide bonds. The van der Waals surface area contributed by atoms with Gasteiger partial charge in [0.05, 0.1) is 10.0 Å². The minimum absolute atomic E-state index is 0.345. The number of rotatable bonds is 2. The lowest BCUT2D eigenvalue weighted by molar-refractivity contribution is 0.191. The monoisotopic (exact) mass is 324 g/mol. The topological polar surface area (TPSA) is 33.4 Å². The van der Waals surface area contributed by atoms with Gasteiger partial charge >= 0.3 is 0 Å². The van der Waals surface area contributed by atoms with E-state index in [2.05, 4.69) is 0 Å². The number of aliphatic hydroxyl groups excluding tert-OH is 1. The first-order valence-electron chi connectivity index (χ1n) is 6.29. The molecule has 1 aromatic heterocycles. The average molecular weight is 325 g/mol. The number of benzene rings is 2. The highest BCUT2D eigenvalue weighted by molar-refractivity contribution is 6.42. The van der Waals surface area contributed by atoms with E-state index in [0.29, 0.717) is 37.9 Å². The highest BCUT2D eigenvalue weighted by Gasteiger charge is 2.20. The molecule has 0 aliphatic carbocycles. The zero-order chi connectivity index (χ0) is 15.1. The van der Waals surface area contributed by atoms with Gasteiger partial charge in [-0.2, -0.15) is 0 Å². The van der Waals surface area contributed by atoms with E-state index in [4.69, 9.17) is 27.6 Å². The van der Waals surface area contributed by atoms with Crippen LogP contribution in [0.25, 0.3) is 11.0 Å². The van der Waals surface area contributed by atoms with E-state index in [0.717, 1.165) is 0 Å². The fourth-order valence-corrected chi connectivity index (χ4v) is 2.61. The Bertz CT molecular complexity index is 827. The second-order valence-corrected chi connectivity index (χ2v) is 5.62. The summed E-state index contributed by atoms with van der Waals surface area (Å²) in [5.41, 5.74) is 1.79. The van der Waals surface area contributed by atoms with E-state index in [-0.39, 0.29) is 5.82 Å². The number of aliphatic hydroxyl groups is 1. The Kier molecular flexibility index (Phi) is 3.66. The zero-order valence-corrected chi connectivity index (χ0v) is 12.5. The lowest BCUT2D eigenvalue weighted by Gasteiger charge is -2.10. The number of fused-ring (bicyclic) bond motifs is 1. The van der Waals surface area contributed by atoms with Gasteiger partial charge in [-0.15, -0.1) is 0 Å². The molecule has 3 aromatic rings. The summed E-state index contributed by atoms with van der Waals surface area (Å²) in [6.45, 7) is 1.78. The summed E-state index contributed by atoms with van der Waals surface area (Å²) in [4.78, 5) is 0. The summed E-state index contributed by atoms with van der Waals surface area (Å²) in [5, 5.41) is 11.9. The third-order valence-corrected chi connectivity index (χ3v) is 4.18. The van der Waals surface area contributed by atoms with Gasteiger partial charge in [0.15, 0.2) is 0 Å². The van der Waals surface area contributed by atoms with Crippen LogP contribution in [0.3, 0.4) is 0 Å². The third-order valence-electron chi connectivity index (χ3n) is 3.44. The van der Waals surface area contributed by atoms with Gasteiger partial charge in [-0.25, -0.2) is 4.39 Å². The summed E-state index contributed by atoms with van der Waals surface area (Å²) in [6.07, 6.45) is -0.991. The van der Waals surface area contributed by atoms with Gasteiger partial charge < -0.3 is 9.52 Å². The normalized spacial score (nSPS) is 12.8. The van der Waals surface area contributed by atoms with E-state index < -0.39 is 6.10 Å². The maximum Gasteiger partial charge on any atom is 0.141 e. The van der Waals surface area contributed by atoms with Crippen LogP contribution in [0.2, 0.25) is 10.0 Å². The SMILES string of the molecule is Cc1c(C(O)c2ccc(Cl)c(Cl)c2)oc2ccc(F)cc12. The van der Waals surface area contributed by atoms with Crippen LogP contribution in [-0.4, -0.2) is 5.11 Å². The van der Waals surface area contributed by atoms with E-state index in [1.807, 2.05) is 0 Å². The van der Waals surface area contributed by atoms with Crippen molar-refractivity contribution in [1.82, 2.24) is 0 Å². The van der Waals surface area contributed by atoms with Crippen LogP contribution < -0.4 is 0 Å². The number of furan rings is 1. The molecule has 1 heterocycles. The smallest absolute Gasteiger partial charge is 0.141 e. The maximum absolute atomic E-state index is 13.3. The Morgan fingerprint density at radius 1 is 1.10 bits per heavy atom. The van der Waals surface area contributed by atoms with Crippen molar-refractivity contribution >= 4 is 34.2 Å². The molecule has 5 heteroatoms. The first kappa shape index (κ1) is 14.4. The van der Waals surface area contributed by atoms with Crippen LogP contribution in [0.15, 0.2) is 40.8 Å². The summed E-state index contributed by atoms with van der Waals surface area (Å²) < 4.78 is 19.0. The molecule has 1 unspecified atom stereocenters. The number of hydrogen-bond acceptors (Lipinski definition) is 2. The predicted octanol–water partition coefficient (Wildman–Crippen LogP) is 5.27. The van der Waals surface area contributed by atoms with Crippen LogP contribution in [0.4, 0.5) is 4.39 Å². The molecule has 0 saturated heterocycles. The molecule has 0 fully saturated rings. The first-order chi connectivity index (χ1) is 9.97. The second-order valence-electron chi connectivity index (χ2n) is 4.81. The van der Waals surface area contributed by atoms with Crippen LogP contribution in [0.1, 0.15) is 23.0 Å². The Hall–Kier alpha value is -1.55. The van der Waals surface area contributed by atoms with Gasteiger partial charge in [0.1, 0.15) is 23.3 Å². The molecule has 0 spiro atoms. The predicted molar refractivity (Wildman–Crippen MR) is 81.4 cm³/mol. The molecule has 1 atom stereocenters. The molecule has 0 aliphatic heterocycles. The lowest BCUT2D eigenvalue weighted by atomic mass is 10.0. The van der Waals surface area contributed by atoms with Crippen molar-refractivity contribution in [2.75, 3.05) is 0 Å². The number of aryl methyl sites for hydroxylation is 1. The molecule has 0 aliphatic rings. The Labute approximate surface area is 130 Å². The van der Waals surface area contributed by atoms with Crippen molar-refractivity contribution in [3.05, 3.63) is 69.1 Å². The third kappa shape index (κ3) is 2.53. The summed E-state index contributed by atoms with van der Waals surface area (Å²) >= 11 is 11.8. The summed E-state index contributed by atoms with van der Waals surface area (Å²) in [6, 6.07) is 9.12. The molecule has 0 radical (unpaired) electrons. The molecule has 21 heavy (non-hydrogen) atoms. The fourth-order valence-electron chi connectivity index (χ4n) is 2.31. The molecule has 0 saturated carbocycles. The molecule has 0 bridgehead atoms. The molecule has 2 nitrogen and oxygen atoms in total. The van der Waals surface area contributed by atoms with Crippen LogP contribution in [0, 0.1) is 12.7 Å². The second kappa shape index (κ2) is 5.34. The molecule has 3 rings (SSSR count). The average Bonchev–Trinajstić information content (AvgIpc) is 2.78. The van der Waals surface area contributed by atoms with Crippen molar-refractivity contribution in [2.24, 2.45) is 0 Å². The van der Waals surface area contributed by atoms with Gasteiger partial charge in [0, 0.05) is 10.9 Å². The van der Waals surface area contributed by atoms with Crippen LogP contribution >= 0.6 is 23.2 Å². The number of hydrogen-bond donors (Lipinski definition) is 1. The minimum Gasteiger partial charge on any atom is -0.458 e. The molecule has 2 aromatic carbocycles. The standard InChI is InChI=1S/C16H11Cl2FO2/c1-8-11-7-10(19)3-5-14(11)21-16(8)15(20)9-2-4-12(17)13(18)6-9/h2-7,15,20H,1H3. The molecular weight excluding hydrogens is 314 g/mol. The van der Waals surface area contributed by atoms with Crippen molar-refractivity contribution in [3.8, 4) is 0 Å². The zero-order valence-electron chi connectivity index (χ0n) is 11.0. The first-order valence-corrected chi connectivity index (χ1v) is 7.04. The van der Waals surface area contributed by atoms with Crippen molar-refractivity contribution in [2.45, 2.75) is 13.0 Å². The van der Waals surface area contributed by atoms with E-state index >= 15 is 0 Å². The minimum atomic E-state index is -0.991. The largest absolute Gasteiger partial charge is 0.458 e. The Balaban J connectivity index is 2.10. The van der Waals surface area contributed by atoms with E-state index in [1.54, 1.807) is 31.2 Å².